The average Bonchev–Trinajstić information content (AvgIpc) is 2.57. The van der Waals surface area contributed by atoms with Crippen LogP contribution in [0.1, 0.15) is 29.8 Å². The molecular weight excluding hydrogens is 366 g/mol. The van der Waals surface area contributed by atoms with Gasteiger partial charge in [0.1, 0.15) is 11.5 Å². The maximum atomic E-state index is 12.7. The first-order chi connectivity index (χ1) is 12.0. The molecule has 2 unspecified atom stereocenters. The van der Waals surface area contributed by atoms with Gasteiger partial charge in [-0.2, -0.15) is 0 Å². The predicted molar refractivity (Wildman–Crippen MR) is 109 cm³/mol. The number of carbonyl (C=O) groups is 1. The van der Waals surface area contributed by atoms with E-state index in [2.05, 4.69) is 0 Å². The molecule has 0 aromatic heterocycles. The number of benzene rings is 2. The first-order valence-electron chi connectivity index (χ1n) is 7.99. The van der Waals surface area contributed by atoms with Gasteiger partial charge in [0.2, 0.25) is 0 Å². The van der Waals surface area contributed by atoms with Crippen LogP contribution >= 0.6 is 20.2 Å². The summed E-state index contributed by atoms with van der Waals surface area (Å²) in [6.45, 7) is 6.32. The Bertz CT molecular complexity index is 754. The Labute approximate surface area is 173 Å². The Balaban J connectivity index is 0.00000338. The van der Waals surface area contributed by atoms with Gasteiger partial charge in [-0.15, -0.1) is 0 Å². The standard InChI is InChI=1S/C19H22ClO4P.Li/c1-5-23-13(3)24-14-9-10-17(12(2)11-14)25-19(21)18-15(20)7-6-8-16(18)22-4;/h6-11,13,25H,5H2,1-4H3;. The summed E-state index contributed by atoms with van der Waals surface area (Å²) in [5.74, 6) is 1.21. The molecule has 0 heterocycles. The monoisotopic (exact) mass is 387 g/mol. The molecule has 135 valence electrons. The van der Waals surface area contributed by atoms with E-state index in [4.69, 9.17) is 25.8 Å². The molecule has 0 bridgehead atoms. The normalized spacial score (nSPS) is 11.9. The van der Waals surface area contributed by atoms with Gasteiger partial charge < -0.3 is 14.2 Å². The first-order valence-corrected chi connectivity index (χ1v) is 9.36. The summed E-state index contributed by atoms with van der Waals surface area (Å²) < 4.78 is 16.3. The molecule has 2 aromatic rings. The van der Waals surface area contributed by atoms with Crippen molar-refractivity contribution in [2.75, 3.05) is 13.7 Å². The average molecular weight is 388 g/mol. The summed E-state index contributed by atoms with van der Waals surface area (Å²) in [4.78, 5) is 12.7. The third kappa shape index (κ3) is 6.01. The van der Waals surface area contributed by atoms with E-state index in [-0.39, 0.29) is 39.3 Å². The Kier molecular flexibility index (Phi) is 9.72. The number of rotatable bonds is 8. The molecular formula is C19H22ClLiO4P. The van der Waals surface area contributed by atoms with Crippen molar-refractivity contribution < 1.29 is 19.0 Å². The van der Waals surface area contributed by atoms with E-state index in [1.165, 1.54) is 7.11 Å². The van der Waals surface area contributed by atoms with E-state index in [1.807, 2.05) is 39.0 Å². The van der Waals surface area contributed by atoms with E-state index in [0.29, 0.717) is 22.9 Å². The quantitative estimate of drug-likeness (QED) is 0.387. The van der Waals surface area contributed by atoms with Crippen molar-refractivity contribution in [1.29, 1.82) is 0 Å². The van der Waals surface area contributed by atoms with Gasteiger partial charge in [0.25, 0.3) is 0 Å². The molecule has 1 radical (unpaired) electrons. The summed E-state index contributed by atoms with van der Waals surface area (Å²) in [6, 6.07) is 10.9. The van der Waals surface area contributed by atoms with Gasteiger partial charge in [-0.1, -0.05) is 23.7 Å². The van der Waals surface area contributed by atoms with E-state index < -0.39 is 0 Å². The molecule has 2 aromatic carbocycles. The van der Waals surface area contributed by atoms with Gasteiger partial charge in [0, 0.05) is 25.5 Å². The zero-order valence-electron chi connectivity index (χ0n) is 15.8. The van der Waals surface area contributed by atoms with Crippen molar-refractivity contribution in [2.45, 2.75) is 27.1 Å². The minimum Gasteiger partial charge on any atom is -0.496 e. The van der Waals surface area contributed by atoms with Crippen LogP contribution in [0.2, 0.25) is 5.02 Å². The third-order valence-corrected chi connectivity index (χ3v) is 5.19. The predicted octanol–water partition coefficient (Wildman–Crippen LogP) is 4.18. The number of ether oxygens (including phenoxy) is 3. The van der Waals surface area contributed by atoms with Crippen LogP contribution in [0.25, 0.3) is 0 Å². The van der Waals surface area contributed by atoms with Crippen LogP contribution in [0.5, 0.6) is 11.5 Å². The van der Waals surface area contributed by atoms with Crippen molar-refractivity contribution in [2.24, 2.45) is 0 Å². The molecule has 7 heteroatoms. The van der Waals surface area contributed by atoms with Crippen LogP contribution in [-0.2, 0) is 4.74 Å². The largest absolute Gasteiger partial charge is 0.496 e. The molecule has 0 amide bonds. The second kappa shape index (κ2) is 11.0. The Morgan fingerprint density at radius 3 is 2.62 bits per heavy atom. The number of hydrogen-bond acceptors (Lipinski definition) is 4. The van der Waals surface area contributed by atoms with E-state index in [0.717, 1.165) is 16.6 Å². The molecule has 0 N–H and O–H groups in total. The summed E-state index contributed by atoms with van der Waals surface area (Å²) in [5.41, 5.74) is 1.36. The molecule has 4 nitrogen and oxygen atoms in total. The third-order valence-electron chi connectivity index (χ3n) is 3.57. The fourth-order valence-electron chi connectivity index (χ4n) is 2.39. The number of hydrogen-bond donors (Lipinski definition) is 0. The van der Waals surface area contributed by atoms with Crippen molar-refractivity contribution in [3.05, 3.63) is 52.5 Å². The smallest absolute Gasteiger partial charge is 0.196 e. The van der Waals surface area contributed by atoms with Gasteiger partial charge in [0.05, 0.1) is 17.7 Å². The molecule has 2 atom stereocenters. The molecule has 0 aliphatic carbocycles. The number of halogens is 1. The Hall–Kier alpha value is -1.01. The summed E-state index contributed by atoms with van der Waals surface area (Å²) >= 11 is 6.19. The zero-order valence-corrected chi connectivity index (χ0v) is 17.5. The molecule has 0 aliphatic rings. The SMILES string of the molecule is CCOC(C)Oc1ccc(PC(=O)c2c(Cl)cccc2OC)c(C)c1.[Li]. The minimum atomic E-state index is -0.313. The van der Waals surface area contributed by atoms with Crippen molar-refractivity contribution >= 4 is 49.9 Å². The zero-order chi connectivity index (χ0) is 18.4. The van der Waals surface area contributed by atoms with Crippen LogP contribution < -0.4 is 14.8 Å². The second-order valence-corrected chi connectivity index (χ2v) is 7.04. The molecule has 0 aliphatic heterocycles. The first kappa shape index (κ1) is 23.0. The van der Waals surface area contributed by atoms with Gasteiger partial charge in [-0.25, -0.2) is 0 Å². The van der Waals surface area contributed by atoms with Gasteiger partial charge in [-0.3, -0.25) is 4.79 Å². The maximum Gasteiger partial charge on any atom is 0.196 e. The summed E-state index contributed by atoms with van der Waals surface area (Å²) in [6.07, 6.45) is -0.313. The Morgan fingerprint density at radius 2 is 2.00 bits per heavy atom. The topological polar surface area (TPSA) is 44.8 Å². The fraction of sp³-hybridized carbons (Fsp3) is 0.316. The van der Waals surface area contributed by atoms with Gasteiger partial charge in [0.15, 0.2) is 11.8 Å². The van der Waals surface area contributed by atoms with E-state index >= 15 is 0 Å². The van der Waals surface area contributed by atoms with Crippen molar-refractivity contribution in [3.63, 3.8) is 0 Å². The molecule has 0 spiro atoms. The van der Waals surface area contributed by atoms with Crippen LogP contribution in [0.15, 0.2) is 36.4 Å². The molecule has 0 fully saturated rings. The van der Waals surface area contributed by atoms with E-state index in [1.54, 1.807) is 18.2 Å². The number of carbonyl (C=O) groups excluding carboxylic acids is 1. The van der Waals surface area contributed by atoms with Crippen molar-refractivity contribution in [3.8, 4) is 11.5 Å². The maximum absolute atomic E-state index is 12.7. The van der Waals surface area contributed by atoms with Crippen LogP contribution in [0.4, 0.5) is 0 Å². The van der Waals surface area contributed by atoms with Crippen molar-refractivity contribution in [1.82, 2.24) is 0 Å². The molecule has 26 heavy (non-hydrogen) atoms. The summed E-state index contributed by atoms with van der Waals surface area (Å²) in [7, 11) is 1.48. The number of methoxy groups -OCH3 is 1. The van der Waals surface area contributed by atoms with Crippen LogP contribution in [0, 0.1) is 6.92 Å². The fourth-order valence-corrected chi connectivity index (χ4v) is 3.78. The van der Waals surface area contributed by atoms with Gasteiger partial charge in [-0.05, 0) is 64.5 Å². The van der Waals surface area contributed by atoms with Crippen LogP contribution in [-0.4, -0.2) is 44.4 Å². The number of aryl methyl sites for hydroxylation is 1. The second-order valence-electron chi connectivity index (χ2n) is 5.39. The van der Waals surface area contributed by atoms with Crippen LogP contribution in [0.3, 0.4) is 0 Å². The van der Waals surface area contributed by atoms with E-state index in [9.17, 15) is 4.79 Å². The molecule has 0 saturated heterocycles. The van der Waals surface area contributed by atoms with Gasteiger partial charge >= 0.3 is 0 Å². The Morgan fingerprint density at radius 1 is 1.27 bits per heavy atom. The minimum absolute atomic E-state index is 0. The molecule has 2 rings (SSSR count). The molecule has 0 saturated carbocycles. The summed E-state index contributed by atoms with van der Waals surface area (Å²) in [5, 5.41) is 1.35.